The van der Waals surface area contributed by atoms with Gasteiger partial charge < -0.3 is 15.3 Å². The molecular weight excluding hydrogens is 353 g/mol. The fraction of sp³-hybridized carbons (Fsp3) is 0.312. The van der Waals surface area contributed by atoms with Crippen molar-refractivity contribution in [2.45, 2.75) is 6.18 Å². The van der Waals surface area contributed by atoms with E-state index in [0.717, 1.165) is 4.90 Å². The maximum atomic E-state index is 13.1. The number of amides is 2. The number of carboxylic acid groups (broad SMARTS) is 1. The minimum Gasteiger partial charge on any atom is -0.481 e. The lowest BCUT2D eigenvalue weighted by Crippen LogP contribution is -2.35. The molecule has 1 saturated heterocycles. The molecule has 1 aliphatic rings. The fourth-order valence-corrected chi connectivity index (χ4v) is 2.94. The zero-order valence-corrected chi connectivity index (χ0v) is 13.3. The summed E-state index contributed by atoms with van der Waals surface area (Å²) in [5.74, 6) is -5.34. The summed E-state index contributed by atoms with van der Waals surface area (Å²) in [6, 6.07) is 7.55. The van der Waals surface area contributed by atoms with Crippen LogP contribution in [0.2, 0.25) is 0 Å². The summed E-state index contributed by atoms with van der Waals surface area (Å²) >= 11 is 0. The summed E-state index contributed by atoms with van der Waals surface area (Å²) in [6.07, 6.45) is -1.49. The van der Waals surface area contributed by atoms with Crippen molar-refractivity contribution in [2.24, 2.45) is 11.8 Å². The van der Waals surface area contributed by atoms with Crippen LogP contribution >= 0.6 is 0 Å². The van der Waals surface area contributed by atoms with E-state index >= 15 is 0 Å². The Labute approximate surface area is 146 Å². The number of para-hydroxylation sites is 2. The first-order valence-corrected chi connectivity index (χ1v) is 7.72. The number of hydrogen-bond acceptors (Lipinski definition) is 3. The van der Waals surface area contributed by atoms with Crippen LogP contribution < -0.4 is 5.32 Å². The summed E-state index contributed by atoms with van der Waals surface area (Å²) in [5, 5.41) is 15.6. The number of carboxylic acids is 1. The van der Waals surface area contributed by atoms with Crippen LogP contribution in [0.3, 0.4) is 0 Å². The van der Waals surface area contributed by atoms with Crippen molar-refractivity contribution in [2.75, 3.05) is 18.4 Å². The van der Waals surface area contributed by atoms with Gasteiger partial charge in [-0.3, -0.25) is 4.79 Å². The molecule has 26 heavy (non-hydrogen) atoms. The van der Waals surface area contributed by atoms with Gasteiger partial charge in [-0.25, -0.2) is 9.48 Å². The number of urea groups is 1. The Balaban J connectivity index is 1.79. The number of nitrogens with zero attached hydrogens (tertiary/aromatic N) is 3. The molecule has 0 aliphatic carbocycles. The average molecular weight is 368 g/mol. The third-order valence-electron chi connectivity index (χ3n) is 4.24. The molecule has 0 saturated carbocycles. The standard InChI is InChI=1S/C16H15F3N4O3/c17-16(18,19)11-9-22(8-10(11)14(24)25)15(26)21-12-4-1-2-5-13(12)23-7-3-6-20-23/h1-7,10-11H,8-9H2,(H,21,26)(H,24,25)/t10-,11-/m1/s1. The first-order chi connectivity index (χ1) is 12.3. The maximum Gasteiger partial charge on any atom is 0.394 e. The van der Waals surface area contributed by atoms with Crippen molar-refractivity contribution < 1.29 is 27.9 Å². The molecule has 0 radical (unpaired) electrons. The number of likely N-dealkylation sites (tertiary alicyclic amines) is 1. The first-order valence-electron chi connectivity index (χ1n) is 7.72. The molecule has 2 aromatic rings. The summed E-state index contributed by atoms with van der Waals surface area (Å²) in [6.45, 7) is -1.20. The van der Waals surface area contributed by atoms with Crippen molar-refractivity contribution in [3.05, 3.63) is 42.7 Å². The van der Waals surface area contributed by atoms with Gasteiger partial charge in [0, 0.05) is 25.5 Å². The Morgan fingerprint density at radius 1 is 1.19 bits per heavy atom. The third-order valence-corrected chi connectivity index (χ3v) is 4.24. The topological polar surface area (TPSA) is 87.5 Å². The number of benzene rings is 1. The first kappa shape index (κ1) is 17.8. The number of hydrogen-bond donors (Lipinski definition) is 2. The second-order valence-corrected chi connectivity index (χ2v) is 5.90. The van der Waals surface area contributed by atoms with Crippen LogP contribution in [0.25, 0.3) is 5.69 Å². The van der Waals surface area contributed by atoms with Crippen LogP contribution in [-0.2, 0) is 4.79 Å². The predicted molar refractivity (Wildman–Crippen MR) is 84.8 cm³/mol. The largest absolute Gasteiger partial charge is 0.481 e. The molecule has 0 bridgehead atoms. The van der Waals surface area contributed by atoms with Gasteiger partial charge in [-0.15, -0.1) is 0 Å². The average Bonchev–Trinajstić information content (AvgIpc) is 3.24. The molecule has 3 rings (SSSR count). The number of anilines is 1. The minimum absolute atomic E-state index is 0.350. The molecular formula is C16H15F3N4O3. The van der Waals surface area contributed by atoms with Crippen molar-refractivity contribution in [1.82, 2.24) is 14.7 Å². The Bertz CT molecular complexity index is 807. The van der Waals surface area contributed by atoms with Crippen LogP contribution in [0.15, 0.2) is 42.7 Å². The monoisotopic (exact) mass is 368 g/mol. The van der Waals surface area contributed by atoms with Gasteiger partial charge in [0.2, 0.25) is 0 Å². The normalized spacial score (nSPS) is 20.2. The quantitative estimate of drug-likeness (QED) is 0.872. The van der Waals surface area contributed by atoms with Crippen molar-refractivity contribution >= 4 is 17.7 Å². The van der Waals surface area contributed by atoms with E-state index in [0.29, 0.717) is 11.4 Å². The molecule has 1 aliphatic heterocycles. The van der Waals surface area contributed by atoms with Crippen LogP contribution in [0.5, 0.6) is 0 Å². The number of aromatic nitrogens is 2. The summed E-state index contributed by atoms with van der Waals surface area (Å²) in [5.41, 5.74) is 0.885. The Hall–Kier alpha value is -3.04. The van der Waals surface area contributed by atoms with E-state index in [2.05, 4.69) is 10.4 Å². The highest BCUT2D eigenvalue weighted by Gasteiger charge is 2.53. The van der Waals surface area contributed by atoms with E-state index in [1.54, 1.807) is 42.7 Å². The molecule has 0 spiro atoms. The van der Waals surface area contributed by atoms with Crippen molar-refractivity contribution in [1.29, 1.82) is 0 Å². The lowest BCUT2D eigenvalue weighted by molar-refractivity contribution is -0.187. The Morgan fingerprint density at radius 2 is 1.92 bits per heavy atom. The molecule has 0 unspecified atom stereocenters. The molecule has 2 heterocycles. The Kier molecular flexibility index (Phi) is 4.58. The Morgan fingerprint density at radius 3 is 2.50 bits per heavy atom. The van der Waals surface area contributed by atoms with Gasteiger partial charge in [0.05, 0.1) is 23.2 Å². The highest BCUT2D eigenvalue weighted by atomic mass is 19.4. The number of nitrogens with one attached hydrogen (secondary N) is 1. The second kappa shape index (κ2) is 6.70. The van der Waals surface area contributed by atoms with E-state index in [9.17, 15) is 22.8 Å². The molecule has 1 aromatic heterocycles. The predicted octanol–water partition coefficient (Wildman–Crippen LogP) is 2.60. The van der Waals surface area contributed by atoms with Crippen LogP contribution in [-0.4, -0.2) is 51.1 Å². The number of rotatable bonds is 3. The number of carbonyl (C=O) groups excluding carboxylic acids is 1. The zero-order valence-electron chi connectivity index (χ0n) is 13.3. The van der Waals surface area contributed by atoms with Crippen LogP contribution in [0.4, 0.5) is 23.7 Å². The molecule has 1 fully saturated rings. The smallest absolute Gasteiger partial charge is 0.394 e. The highest BCUT2D eigenvalue weighted by molar-refractivity contribution is 5.92. The van der Waals surface area contributed by atoms with Gasteiger partial charge in [0.15, 0.2) is 0 Å². The maximum absolute atomic E-state index is 13.1. The molecule has 2 amide bonds. The highest BCUT2D eigenvalue weighted by Crippen LogP contribution is 2.38. The van der Waals surface area contributed by atoms with Gasteiger partial charge in [-0.2, -0.15) is 18.3 Å². The van der Waals surface area contributed by atoms with E-state index in [-0.39, 0.29) is 0 Å². The van der Waals surface area contributed by atoms with Crippen molar-refractivity contribution in [3.8, 4) is 5.69 Å². The van der Waals surface area contributed by atoms with Gasteiger partial charge in [0.25, 0.3) is 0 Å². The summed E-state index contributed by atoms with van der Waals surface area (Å²) in [7, 11) is 0. The van der Waals surface area contributed by atoms with Gasteiger partial charge >= 0.3 is 18.2 Å². The molecule has 1 aromatic carbocycles. The third kappa shape index (κ3) is 3.48. The number of alkyl halides is 3. The van der Waals surface area contributed by atoms with Gasteiger partial charge in [-0.05, 0) is 18.2 Å². The van der Waals surface area contributed by atoms with E-state index < -0.39 is 43.1 Å². The van der Waals surface area contributed by atoms with Gasteiger partial charge in [0.1, 0.15) is 0 Å². The SMILES string of the molecule is O=C(O)[C@@H]1CN(C(=O)Nc2ccccc2-n2cccn2)C[C@H]1C(F)(F)F. The van der Waals surface area contributed by atoms with E-state index in [4.69, 9.17) is 5.11 Å². The zero-order chi connectivity index (χ0) is 18.9. The molecule has 2 N–H and O–H groups in total. The number of carbonyl (C=O) groups is 2. The summed E-state index contributed by atoms with van der Waals surface area (Å²) in [4.78, 5) is 24.4. The lowest BCUT2D eigenvalue weighted by Gasteiger charge is -2.19. The number of aliphatic carboxylic acids is 1. The minimum atomic E-state index is -4.69. The molecule has 138 valence electrons. The van der Waals surface area contributed by atoms with Gasteiger partial charge in [-0.1, -0.05) is 12.1 Å². The molecule has 10 heteroatoms. The van der Waals surface area contributed by atoms with Crippen LogP contribution in [0, 0.1) is 11.8 Å². The number of halogens is 3. The van der Waals surface area contributed by atoms with Crippen LogP contribution in [0.1, 0.15) is 0 Å². The lowest BCUT2D eigenvalue weighted by atomic mass is 9.96. The molecule has 7 nitrogen and oxygen atoms in total. The molecule has 2 atom stereocenters. The van der Waals surface area contributed by atoms with Crippen molar-refractivity contribution in [3.63, 3.8) is 0 Å². The summed E-state index contributed by atoms with van der Waals surface area (Å²) < 4.78 is 40.7. The van der Waals surface area contributed by atoms with E-state index in [1.165, 1.54) is 4.68 Å². The fourth-order valence-electron chi connectivity index (χ4n) is 2.94. The van der Waals surface area contributed by atoms with E-state index in [1.807, 2.05) is 0 Å². The second-order valence-electron chi connectivity index (χ2n) is 5.90.